The van der Waals surface area contributed by atoms with Gasteiger partial charge in [0.1, 0.15) is 12.4 Å². The van der Waals surface area contributed by atoms with Gasteiger partial charge in [-0.3, -0.25) is 10.1 Å². The first-order chi connectivity index (χ1) is 10.1. The summed E-state index contributed by atoms with van der Waals surface area (Å²) in [6.07, 6.45) is 0. The third-order valence-corrected chi connectivity index (χ3v) is 3.34. The molecule has 0 aliphatic carbocycles. The quantitative estimate of drug-likeness (QED) is 0.471. The molecule has 5 nitrogen and oxygen atoms in total. The lowest BCUT2D eigenvalue weighted by molar-refractivity contribution is -0.384. The number of benzene rings is 2. The van der Waals surface area contributed by atoms with Crippen molar-refractivity contribution in [3.05, 3.63) is 68.7 Å². The Bertz CT molecular complexity index is 602. The Labute approximate surface area is 131 Å². The molecule has 21 heavy (non-hydrogen) atoms. The van der Waals surface area contributed by atoms with Crippen LogP contribution in [0.1, 0.15) is 5.56 Å². The van der Waals surface area contributed by atoms with Crippen molar-refractivity contribution in [2.45, 2.75) is 6.54 Å². The molecule has 0 aromatic heterocycles. The van der Waals surface area contributed by atoms with Crippen molar-refractivity contribution < 1.29 is 9.66 Å². The monoisotopic (exact) mass is 350 g/mol. The summed E-state index contributed by atoms with van der Waals surface area (Å²) in [6.45, 7) is 1.78. The van der Waals surface area contributed by atoms with Gasteiger partial charge in [0, 0.05) is 29.7 Å². The van der Waals surface area contributed by atoms with Gasteiger partial charge in [0.15, 0.2) is 0 Å². The van der Waals surface area contributed by atoms with Gasteiger partial charge >= 0.3 is 0 Å². The Morgan fingerprint density at radius 3 is 2.67 bits per heavy atom. The van der Waals surface area contributed by atoms with E-state index in [2.05, 4.69) is 21.2 Å². The third kappa shape index (κ3) is 5.17. The van der Waals surface area contributed by atoms with E-state index in [0.29, 0.717) is 19.7 Å². The lowest BCUT2D eigenvalue weighted by Crippen LogP contribution is -2.20. The van der Waals surface area contributed by atoms with E-state index < -0.39 is 0 Å². The Morgan fingerprint density at radius 2 is 1.95 bits per heavy atom. The fraction of sp³-hybridized carbons (Fsp3) is 0.200. The Morgan fingerprint density at radius 1 is 1.19 bits per heavy atom. The van der Waals surface area contributed by atoms with E-state index in [-0.39, 0.29) is 10.6 Å². The van der Waals surface area contributed by atoms with E-state index in [4.69, 9.17) is 4.74 Å². The van der Waals surface area contributed by atoms with Crippen LogP contribution in [0.4, 0.5) is 5.69 Å². The molecule has 2 aromatic carbocycles. The number of non-ortho nitro benzene ring substituents is 1. The lowest BCUT2D eigenvalue weighted by atomic mass is 10.2. The average molecular weight is 351 g/mol. The van der Waals surface area contributed by atoms with E-state index in [1.165, 1.54) is 6.07 Å². The zero-order chi connectivity index (χ0) is 15.1. The number of nitro benzene ring substituents is 1. The zero-order valence-corrected chi connectivity index (χ0v) is 12.9. The number of ether oxygens (including phenoxy) is 1. The second-order valence-corrected chi connectivity index (χ2v) is 5.32. The molecule has 0 amide bonds. The van der Waals surface area contributed by atoms with E-state index >= 15 is 0 Å². The lowest BCUT2D eigenvalue weighted by Gasteiger charge is -2.07. The number of rotatable bonds is 7. The van der Waals surface area contributed by atoms with Crippen LogP contribution in [0.5, 0.6) is 5.75 Å². The molecule has 0 unspecified atom stereocenters. The fourth-order valence-electron chi connectivity index (χ4n) is 1.78. The fourth-order valence-corrected chi connectivity index (χ4v) is 2.05. The zero-order valence-electron chi connectivity index (χ0n) is 11.3. The molecular weight excluding hydrogens is 336 g/mol. The van der Waals surface area contributed by atoms with Crippen LogP contribution >= 0.6 is 15.9 Å². The van der Waals surface area contributed by atoms with Crippen LogP contribution in [0.3, 0.4) is 0 Å². The van der Waals surface area contributed by atoms with Crippen molar-refractivity contribution >= 4 is 21.6 Å². The van der Waals surface area contributed by atoms with Crippen molar-refractivity contribution in [3.8, 4) is 5.75 Å². The van der Waals surface area contributed by atoms with Crippen LogP contribution < -0.4 is 10.1 Å². The van der Waals surface area contributed by atoms with Crippen molar-refractivity contribution in [1.29, 1.82) is 0 Å². The van der Waals surface area contributed by atoms with Crippen LogP contribution in [-0.2, 0) is 6.54 Å². The van der Waals surface area contributed by atoms with Crippen LogP contribution in [0.15, 0.2) is 53.0 Å². The molecule has 0 fully saturated rings. The third-order valence-electron chi connectivity index (χ3n) is 2.81. The van der Waals surface area contributed by atoms with Crippen LogP contribution in [0.2, 0.25) is 0 Å². The average Bonchev–Trinajstić information content (AvgIpc) is 2.49. The van der Waals surface area contributed by atoms with Gasteiger partial charge in [-0.05, 0) is 29.8 Å². The maximum Gasteiger partial charge on any atom is 0.269 e. The Balaban J connectivity index is 1.71. The molecule has 0 saturated heterocycles. The molecule has 0 spiro atoms. The van der Waals surface area contributed by atoms with E-state index in [0.717, 1.165) is 15.8 Å². The Kier molecular flexibility index (Phi) is 5.71. The molecule has 0 atom stereocenters. The second kappa shape index (κ2) is 7.75. The smallest absolute Gasteiger partial charge is 0.269 e. The van der Waals surface area contributed by atoms with Gasteiger partial charge in [0.05, 0.1) is 4.92 Å². The standard InChI is InChI=1S/C15H15BrN2O3/c16-13-4-6-15(7-5-13)21-9-8-17-11-12-2-1-3-14(10-12)18(19)20/h1-7,10,17H,8-9,11H2. The summed E-state index contributed by atoms with van der Waals surface area (Å²) in [4.78, 5) is 10.3. The number of hydrogen-bond acceptors (Lipinski definition) is 4. The van der Waals surface area contributed by atoms with Gasteiger partial charge in [-0.25, -0.2) is 0 Å². The summed E-state index contributed by atoms with van der Waals surface area (Å²) in [6, 6.07) is 14.2. The highest BCUT2D eigenvalue weighted by molar-refractivity contribution is 9.10. The molecule has 0 saturated carbocycles. The molecule has 1 N–H and O–H groups in total. The summed E-state index contributed by atoms with van der Waals surface area (Å²) in [5.74, 6) is 0.815. The predicted octanol–water partition coefficient (Wildman–Crippen LogP) is 3.53. The largest absolute Gasteiger partial charge is 0.492 e. The van der Waals surface area contributed by atoms with E-state index in [1.807, 2.05) is 30.3 Å². The normalized spacial score (nSPS) is 10.3. The molecule has 0 heterocycles. The molecular formula is C15H15BrN2O3. The molecule has 0 radical (unpaired) electrons. The number of nitrogens with one attached hydrogen (secondary N) is 1. The number of hydrogen-bond donors (Lipinski definition) is 1. The second-order valence-electron chi connectivity index (χ2n) is 4.41. The minimum absolute atomic E-state index is 0.111. The van der Waals surface area contributed by atoms with Crippen molar-refractivity contribution in [2.75, 3.05) is 13.2 Å². The molecule has 2 aromatic rings. The highest BCUT2D eigenvalue weighted by atomic mass is 79.9. The summed E-state index contributed by atoms with van der Waals surface area (Å²) in [5.41, 5.74) is 0.994. The van der Waals surface area contributed by atoms with Gasteiger partial charge in [-0.2, -0.15) is 0 Å². The molecule has 0 aliphatic rings. The highest BCUT2D eigenvalue weighted by Gasteiger charge is 2.04. The van der Waals surface area contributed by atoms with Gasteiger partial charge < -0.3 is 10.1 Å². The van der Waals surface area contributed by atoms with Gasteiger partial charge in [0.25, 0.3) is 5.69 Å². The molecule has 0 aliphatic heterocycles. The minimum atomic E-state index is -0.389. The first-order valence-electron chi connectivity index (χ1n) is 6.47. The van der Waals surface area contributed by atoms with E-state index in [1.54, 1.807) is 12.1 Å². The summed E-state index contributed by atoms with van der Waals surface area (Å²) in [5, 5.41) is 13.9. The van der Waals surface area contributed by atoms with E-state index in [9.17, 15) is 10.1 Å². The van der Waals surface area contributed by atoms with Crippen LogP contribution in [-0.4, -0.2) is 18.1 Å². The van der Waals surface area contributed by atoms with Gasteiger partial charge in [-0.1, -0.05) is 28.1 Å². The number of nitrogens with zero attached hydrogens (tertiary/aromatic N) is 1. The maximum atomic E-state index is 10.7. The Hall–Kier alpha value is -1.92. The van der Waals surface area contributed by atoms with Crippen molar-refractivity contribution in [1.82, 2.24) is 5.32 Å². The van der Waals surface area contributed by atoms with Gasteiger partial charge in [-0.15, -0.1) is 0 Å². The minimum Gasteiger partial charge on any atom is -0.492 e. The molecule has 0 bridgehead atoms. The number of halogens is 1. The number of nitro groups is 1. The first-order valence-corrected chi connectivity index (χ1v) is 7.27. The van der Waals surface area contributed by atoms with Crippen molar-refractivity contribution in [3.63, 3.8) is 0 Å². The topological polar surface area (TPSA) is 64.4 Å². The highest BCUT2D eigenvalue weighted by Crippen LogP contribution is 2.16. The predicted molar refractivity (Wildman–Crippen MR) is 84.4 cm³/mol. The summed E-state index contributed by atoms with van der Waals surface area (Å²) in [7, 11) is 0. The summed E-state index contributed by atoms with van der Waals surface area (Å²) >= 11 is 3.36. The van der Waals surface area contributed by atoms with Crippen molar-refractivity contribution in [2.24, 2.45) is 0 Å². The summed E-state index contributed by atoms with van der Waals surface area (Å²) < 4.78 is 6.58. The first kappa shape index (κ1) is 15.5. The van der Waals surface area contributed by atoms with Gasteiger partial charge in [0.2, 0.25) is 0 Å². The molecule has 2 rings (SSSR count). The molecule has 110 valence electrons. The van der Waals surface area contributed by atoms with Crippen LogP contribution in [0.25, 0.3) is 0 Å². The maximum absolute atomic E-state index is 10.7. The SMILES string of the molecule is O=[N+]([O-])c1cccc(CNCCOc2ccc(Br)cc2)c1. The molecule has 6 heteroatoms. The van der Waals surface area contributed by atoms with Crippen LogP contribution in [0, 0.1) is 10.1 Å².